The molecule has 1 amide bonds. The third kappa shape index (κ3) is 2.82. The van der Waals surface area contributed by atoms with E-state index < -0.39 is 0 Å². The van der Waals surface area contributed by atoms with E-state index in [2.05, 4.69) is 19.2 Å². The number of rotatable bonds is 3. The van der Waals surface area contributed by atoms with E-state index >= 15 is 0 Å². The number of nitrogens with one attached hydrogen (secondary N) is 1. The van der Waals surface area contributed by atoms with Crippen molar-refractivity contribution >= 4 is 5.91 Å². The summed E-state index contributed by atoms with van der Waals surface area (Å²) < 4.78 is 5.51. The van der Waals surface area contributed by atoms with Gasteiger partial charge in [0.1, 0.15) is 12.4 Å². The number of hydrogen-bond acceptors (Lipinski definition) is 3. The second kappa shape index (κ2) is 5.40. The van der Waals surface area contributed by atoms with Crippen LogP contribution in [-0.4, -0.2) is 19.1 Å². The Morgan fingerprint density at radius 3 is 2.94 bits per heavy atom. The molecule has 3 N–H and O–H groups in total. The Bertz CT molecular complexity index is 443. The van der Waals surface area contributed by atoms with Crippen LogP contribution >= 0.6 is 0 Å². The van der Waals surface area contributed by atoms with E-state index in [0.717, 1.165) is 12.0 Å². The third-order valence-electron chi connectivity index (χ3n) is 3.05. The zero-order valence-corrected chi connectivity index (χ0v) is 10.9. The van der Waals surface area contributed by atoms with E-state index in [9.17, 15) is 4.79 Å². The molecule has 0 fully saturated rings. The van der Waals surface area contributed by atoms with Gasteiger partial charge in [0.25, 0.3) is 5.91 Å². The van der Waals surface area contributed by atoms with Gasteiger partial charge in [-0.25, -0.2) is 0 Å². The molecule has 0 saturated heterocycles. The van der Waals surface area contributed by atoms with Crippen LogP contribution in [-0.2, 0) is 0 Å². The molecule has 0 spiro atoms. The molecule has 1 aliphatic rings. The Kier molecular flexibility index (Phi) is 3.87. The van der Waals surface area contributed by atoms with Crippen molar-refractivity contribution in [2.75, 3.05) is 13.2 Å². The zero-order chi connectivity index (χ0) is 13.1. The smallest absolute Gasteiger partial charge is 0.255 e. The van der Waals surface area contributed by atoms with Crippen LogP contribution < -0.4 is 15.8 Å². The molecule has 4 heteroatoms. The van der Waals surface area contributed by atoms with Gasteiger partial charge in [-0.05, 0) is 30.0 Å². The Morgan fingerprint density at radius 2 is 2.22 bits per heavy atom. The number of carbonyl (C=O) groups excluding carboxylic acids is 1. The van der Waals surface area contributed by atoms with E-state index in [1.165, 1.54) is 0 Å². The molecule has 1 aliphatic heterocycles. The fourth-order valence-corrected chi connectivity index (χ4v) is 2.15. The van der Waals surface area contributed by atoms with Gasteiger partial charge in [0, 0.05) is 6.04 Å². The molecule has 1 heterocycles. The van der Waals surface area contributed by atoms with Gasteiger partial charge in [-0.3, -0.25) is 4.79 Å². The van der Waals surface area contributed by atoms with E-state index in [-0.39, 0.29) is 11.9 Å². The lowest BCUT2D eigenvalue weighted by molar-refractivity contribution is 0.0957. The molecule has 2 rings (SSSR count). The summed E-state index contributed by atoms with van der Waals surface area (Å²) in [6.45, 7) is 5.33. The maximum absolute atomic E-state index is 11.9. The van der Waals surface area contributed by atoms with Gasteiger partial charge in [-0.2, -0.15) is 0 Å². The highest BCUT2D eigenvalue weighted by atomic mass is 16.5. The van der Waals surface area contributed by atoms with Crippen LogP contribution in [0.5, 0.6) is 5.75 Å². The van der Waals surface area contributed by atoms with E-state index in [1.54, 1.807) is 0 Å². The first-order chi connectivity index (χ1) is 8.58. The summed E-state index contributed by atoms with van der Waals surface area (Å²) in [5.41, 5.74) is 7.72. The lowest BCUT2D eigenvalue weighted by Gasteiger charge is -2.16. The van der Waals surface area contributed by atoms with Gasteiger partial charge in [-0.1, -0.05) is 19.9 Å². The number of fused-ring (bicyclic) bond motifs is 1. The minimum Gasteiger partial charge on any atom is -0.491 e. The number of hydrogen-bond donors (Lipinski definition) is 2. The fraction of sp³-hybridized carbons (Fsp3) is 0.500. The minimum atomic E-state index is -0.0823. The fourth-order valence-electron chi connectivity index (χ4n) is 2.15. The summed E-state index contributed by atoms with van der Waals surface area (Å²) in [5.74, 6) is 1.09. The van der Waals surface area contributed by atoms with Crippen molar-refractivity contribution in [2.45, 2.75) is 26.3 Å². The van der Waals surface area contributed by atoms with E-state index in [0.29, 0.717) is 30.4 Å². The highest BCUT2D eigenvalue weighted by Gasteiger charge is 2.18. The van der Waals surface area contributed by atoms with Crippen LogP contribution in [0.2, 0.25) is 0 Å². The van der Waals surface area contributed by atoms with Crippen molar-refractivity contribution < 1.29 is 9.53 Å². The molecule has 1 atom stereocenters. The Hall–Kier alpha value is -1.55. The molecule has 0 bridgehead atoms. The van der Waals surface area contributed by atoms with Gasteiger partial charge in [-0.15, -0.1) is 0 Å². The summed E-state index contributed by atoms with van der Waals surface area (Å²) >= 11 is 0. The largest absolute Gasteiger partial charge is 0.491 e. The normalized spacial score (nSPS) is 16.6. The molecule has 0 aromatic heterocycles. The number of carbonyl (C=O) groups is 1. The SMILES string of the molecule is CC(C)CC(N)c1ccc2c(c1)C(=O)NCCO2. The lowest BCUT2D eigenvalue weighted by atomic mass is 9.96. The number of benzene rings is 1. The van der Waals surface area contributed by atoms with Crippen molar-refractivity contribution in [2.24, 2.45) is 11.7 Å². The van der Waals surface area contributed by atoms with Crippen molar-refractivity contribution in [3.8, 4) is 5.75 Å². The first-order valence-corrected chi connectivity index (χ1v) is 6.38. The second-order valence-corrected chi connectivity index (χ2v) is 5.10. The van der Waals surface area contributed by atoms with Crippen LogP contribution in [0.1, 0.15) is 42.2 Å². The Morgan fingerprint density at radius 1 is 1.44 bits per heavy atom. The quantitative estimate of drug-likeness (QED) is 0.858. The first-order valence-electron chi connectivity index (χ1n) is 6.38. The van der Waals surface area contributed by atoms with Gasteiger partial charge in [0.15, 0.2) is 0 Å². The highest BCUT2D eigenvalue weighted by molar-refractivity contribution is 5.97. The van der Waals surface area contributed by atoms with Crippen molar-refractivity contribution in [3.05, 3.63) is 29.3 Å². The summed E-state index contributed by atoms with van der Waals surface area (Å²) in [6, 6.07) is 5.61. The third-order valence-corrected chi connectivity index (χ3v) is 3.05. The van der Waals surface area contributed by atoms with E-state index in [4.69, 9.17) is 10.5 Å². The summed E-state index contributed by atoms with van der Waals surface area (Å²) in [7, 11) is 0. The predicted octanol–water partition coefficient (Wildman–Crippen LogP) is 1.85. The zero-order valence-electron chi connectivity index (χ0n) is 10.9. The standard InChI is InChI=1S/C14H20N2O2/c1-9(2)7-12(15)10-3-4-13-11(8-10)14(17)16-5-6-18-13/h3-4,8-9,12H,5-7,15H2,1-2H3,(H,16,17). The van der Waals surface area contributed by atoms with Gasteiger partial charge in [0.2, 0.25) is 0 Å². The lowest BCUT2D eigenvalue weighted by Crippen LogP contribution is -2.24. The molecule has 0 radical (unpaired) electrons. The van der Waals surface area contributed by atoms with Gasteiger partial charge < -0.3 is 15.8 Å². The van der Waals surface area contributed by atoms with Crippen LogP contribution in [0.3, 0.4) is 0 Å². The minimum absolute atomic E-state index is 0.0358. The monoisotopic (exact) mass is 248 g/mol. The maximum atomic E-state index is 11.9. The topological polar surface area (TPSA) is 64.4 Å². The van der Waals surface area contributed by atoms with E-state index in [1.807, 2.05) is 18.2 Å². The van der Waals surface area contributed by atoms with Gasteiger partial charge in [0.05, 0.1) is 12.1 Å². The van der Waals surface area contributed by atoms with Crippen molar-refractivity contribution in [1.29, 1.82) is 0 Å². The maximum Gasteiger partial charge on any atom is 0.255 e. The van der Waals surface area contributed by atoms with Crippen molar-refractivity contribution in [1.82, 2.24) is 5.32 Å². The van der Waals surface area contributed by atoms with Gasteiger partial charge >= 0.3 is 0 Å². The summed E-state index contributed by atoms with van der Waals surface area (Å²) in [5, 5.41) is 2.80. The van der Waals surface area contributed by atoms with Crippen molar-refractivity contribution in [3.63, 3.8) is 0 Å². The molecular formula is C14H20N2O2. The molecule has 0 saturated carbocycles. The number of ether oxygens (including phenoxy) is 1. The van der Waals surface area contributed by atoms with Crippen LogP contribution in [0.15, 0.2) is 18.2 Å². The second-order valence-electron chi connectivity index (χ2n) is 5.10. The van der Waals surface area contributed by atoms with Crippen LogP contribution in [0.4, 0.5) is 0 Å². The highest BCUT2D eigenvalue weighted by Crippen LogP contribution is 2.26. The number of amides is 1. The molecule has 0 aliphatic carbocycles. The Labute approximate surface area is 108 Å². The molecular weight excluding hydrogens is 228 g/mol. The average Bonchev–Trinajstić information content (AvgIpc) is 2.50. The first kappa shape index (κ1) is 12.9. The summed E-state index contributed by atoms with van der Waals surface area (Å²) in [4.78, 5) is 11.9. The Balaban J connectivity index is 2.27. The summed E-state index contributed by atoms with van der Waals surface area (Å²) in [6.07, 6.45) is 0.904. The predicted molar refractivity (Wildman–Crippen MR) is 70.7 cm³/mol. The van der Waals surface area contributed by atoms with Crippen LogP contribution in [0.25, 0.3) is 0 Å². The molecule has 4 nitrogen and oxygen atoms in total. The molecule has 1 aromatic rings. The number of nitrogens with two attached hydrogens (primary N) is 1. The van der Waals surface area contributed by atoms with Crippen LogP contribution in [0, 0.1) is 5.92 Å². The molecule has 1 aromatic carbocycles. The molecule has 18 heavy (non-hydrogen) atoms. The molecule has 1 unspecified atom stereocenters. The molecule has 98 valence electrons. The average molecular weight is 248 g/mol.